The summed E-state index contributed by atoms with van der Waals surface area (Å²) in [6.07, 6.45) is 0. The highest BCUT2D eigenvalue weighted by Crippen LogP contribution is 2.22. The maximum atomic E-state index is 11.7. The van der Waals surface area contributed by atoms with Crippen molar-refractivity contribution < 1.29 is 4.79 Å². The van der Waals surface area contributed by atoms with Gasteiger partial charge in [-0.05, 0) is 24.3 Å². The second kappa shape index (κ2) is 4.95. The van der Waals surface area contributed by atoms with Crippen LogP contribution in [0.5, 0.6) is 0 Å². The molecule has 1 heterocycles. The van der Waals surface area contributed by atoms with Crippen molar-refractivity contribution in [3.05, 3.63) is 0 Å². The van der Waals surface area contributed by atoms with Gasteiger partial charge in [-0.25, -0.2) is 4.68 Å². The minimum absolute atomic E-state index is 0.204. The molecule has 0 fully saturated rings. The van der Waals surface area contributed by atoms with Gasteiger partial charge in [-0.3, -0.25) is 4.79 Å². The van der Waals surface area contributed by atoms with Crippen LogP contribution in [0.4, 0.5) is 0 Å². The summed E-state index contributed by atoms with van der Waals surface area (Å²) in [7, 11) is 0. The molecule has 1 rings (SSSR count). The number of rotatable bonds is 4. The maximum absolute atomic E-state index is 11.7. The lowest BCUT2D eigenvalue weighted by Gasteiger charge is -2.15. The lowest BCUT2D eigenvalue weighted by molar-refractivity contribution is -0.123. The molecule has 6 heteroatoms. The van der Waals surface area contributed by atoms with E-state index in [1.165, 1.54) is 11.8 Å². The summed E-state index contributed by atoms with van der Waals surface area (Å²) in [4.78, 5) is 11.7. The van der Waals surface area contributed by atoms with E-state index < -0.39 is 0 Å². The van der Waals surface area contributed by atoms with Gasteiger partial charge in [0.05, 0.1) is 11.8 Å². The standard InChI is InChI=1S/C10H18N4OS/c1-7(2)14-9(11-12-13-14)16-6-8(15)10(3,4)5/h7H,6H2,1-5H3. The second-order valence-corrected chi connectivity index (χ2v) is 5.90. The van der Waals surface area contributed by atoms with Crippen LogP contribution in [0.2, 0.25) is 0 Å². The highest BCUT2D eigenvalue weighted by atomic mass is 32.2. The van der Waals surface area contributed by atoms with E-state index in [2.05, 4.69) is 15.5 Å². The van der Waals surface area contributed by atoms with E-state index >= 15 is 0 Å². The molecular formula is C10H18N4OS. The number of nitrogens with zero attached hydrogens (tertiary/aromatic N) is 4. The van der Waals surface area contributed by atoms with E-state index in [4.69, 9.17) is 0 Å². The smallest absolute Gasteiger partial charge is 0.209 e. The summed E-state index contributed by atoms with van der Waals surface area (Å²) < 4.78 is 1.72. The highest BCUT2D eigenvalue weighted by Gasteiger charge is 2.22. The molecule has 16 heavy (non-hydrogen) atoms. The fraction of sp³-hybridized carbons (Fsp3) is 0.800. The van der Waals surface area contributed by atoms with Crippen LogP contribution >= 0.6 is 11.8 Å². The molecule has 0 aliphatic heterocycles. The van der Waals surface area contributed by atoms with Crippen LogP contribution in [0.15, 0.2) is 5.16 Å². The first-order valence-corrected chi connectivity index (χ1v) is 6.25. The Labute approximate surface area is 100.0 Å². The Kier molecular flexibility index (Phi) is 4.07. The number of ketones is 1. The number of Topliss-reactive ketones (excluding diaryl/α,β-unsaturated/α-hetero) is 1. The summed E-state index contributed by atoms with van der Waals surface area (Å²) >= 11 is 1.39. The van der Waals surface area contributed by atoms with Gasteiger partial charge in [0.15, 0.2) is 0 Å². The number of carbonyl (C=O) groups excluding carboxylic acids is 1. The number of aromatic nitrogens is 4. The minimum atomic E-state index is -0.302. The largest absolute Gasteiger partial charge is 0.298 e. The quantitative estimate of drug-likeness (QED) is 0.755. The molecule has 5 nitrogen and oxygen atoms in total. The van der Waals surface area contributed by atoms with Crippen molar-refractivity contribution in [3.63, 3.8) is 0 Å². The molecule has 0 aliphatic rings. The average Bonchev–Trinajstić information content (AvgIpc) is 2.60. The van der Waals surface area contributed by atoms with Gasteiger partial charge >= 0.3 is 0 Å². The molecule has 0 radical (unpaired) electrons. The second-order valence-electron chi connectivity index (χ2n) is 4.96. The van der Waals surface area contributed by atoms with Gasteiger partial charge in [-0.2, -0.15) is 0 Å². The van der Waals surface area contributed by atoms with E-state index in [1.54, 1.807) is 4.68 Å². The molecule has 0 N–H and O–H groups in total. The Morgan fingerprint density at radius 1 is 1.44 bits per heavy atom. The van der Waals surface area contributed by atoms with E-state index in [-0.39, 0.29) is 17.2 Å². The van der Waals surface area contributed by atoms with Crippen molar-refractivity contribution in [3.8, 4) is 0 Å². The zero-order valence-corrected chi connectivity index (χ0v) is 11.2. The average molecular weight is 242 g/mol. The summed E-state index contributed by atoms with van der Waals surface area (Å²) in [5, 5.41) is 12.1. The third-order valence-electron chi connectivity index (χ3n) is 2.12. The molecule has 0 unspecified atom stereocenters. The summed E-state index contributed by atoms with van der Waals surface area (Å²) in [6, 6.07) is 0.210. The van der Waals surface area contributed by atoms with Crippen LogP contribution < -0.4 is 0 Å². The van der Waals surface area contributed by atoms with Gasteiger partial charge in [0.2, 0.25) is 5.16 Å². The van der Waals surface area contributed by atoms with Crippen LogP contribution in [0, 0.1) is 5.41 Å². The molecule has 0 saturated heterocycles. The Bertz CT molecular complexity index is 367. The van der Waals surface area contributed by atoms with Crippen molar-refractivity contribution in [1.82, 2.24) is 20.2 Å². The van der Waals surface area contributed by atoms with Gasteiger partial charge < -0.3 is 0 Å². The maximum Gasteiger partial charge on any atom is 0.209 e. The number of thioether (sulfide) groups is 1. The highest BCUT2D eigenvalue weighted by molar-refractivity contribution is 7.99. The first-order chi connectivity index (χ1) is 7.32. The minimum Gasteiger partial charge on any atom is -0.298 e. The predicted molar refractivity (Wildman–Crippen MR) is 63.4 cm³/mol. The van der Waals surface area contributed by atoms with Crippen molar-refractivity contribution in [2.45, 2.75) is 45.8 Å². The van der Waals surface area contributed by atoms with Crippen molar-refractivity contribution in [2.24, 2.45) is 5.41 Å². The van der Waals surface area contributed by atoms with Crippen molar-refractivity contribution >= 4 is 17.5 Å². The van der Waals surface area contributed by atoms with Crippen molar-refractivity contribution in [1.29, 1.82) is 0 Å². The molecule has 0 amide bonds. The SMILES string of the molecule is CC(C)n1nnnc1SCC(=O)C(C)(C)C. The predicted octanol–water partition coefficient (Wildman–Crippen LogP) is 1.96. The Morgan fingerprint density at radius 3 is 2.56 bits per heavy atom. The number of hydrogen-bond donors (Lipinski definition) is 0. The third kappa shape index (κ3) is 3.30. The molecule has 0 spiro atoms. The van der Waals surface area contributed by atoms with Gasteiger partial charge in [-0.1, -0.05) is 32.5 Å². The first kappa shape index (κ1) is 13.2. The van der Waals surface area contributed by atoms with Gasteiger partial charge in [0.1, 0.15) is 5.78 Å². The summed E-state index contributed by atoms with van der Waals surface area (Å²) in [5.74, 6) is 0.618. The lowest BCUT2D eigenvalue weighted by Crippen LogP contribution is -2.22. The van der Waals surface area contributed by atoms with Crippen molar-refractivity contribution in [2.75, 3.05) is 5.75 Å². The number of hydrogen-bond acceptors (Lipinski definition) is 5. The van der Waals surface area contributed by atoms with E-state index in [0.717, 1.165) is 0 Å². The zero-order chi connectivity index (χ0) is 12.3. The molecule has 0 aromatic carbocycles. The molecule has 0 aliphatic carbocycles. The van der Waals surface area contributed by atoms with Crippen LogP contribution in [0.25, 0.3) is 0 Å². The monoisotopic (exact) mass is 242 g/mol. The fourth-order valence-electron chi connectivity index (χ4n) is 0.951. The van der Waals surface area contributed by atoms with E-state index in [1.807, 2.05) is 34.6 Å². The van der Waals surface area contributed by atoms with Gasteiger partial charge in [0, 0.05) is 5.41 Å². The van der Waals surface area contributed by atoms with E-state index in [9.17, 15) is 4.79 Å². The Hall–Kier alpha value is -0.910. The van der Waals surface area contributed by atoms with Crippen LogP contribution in [-0.2, 0) is 4.79 Å². The Balaban J connectivity index is 2.62. The van der Waals surface area contributed by atoms with Crippen LogP contribution in [0.1, 0.15) is 40.7 Å². The number of carbonyl (C=O) groups is 1. The Morgan fingerprint density at radius 2 is 2.06 bits per heavy atom. The summed E-state index contributed by atoms with van der Waals surface area (Å²) in [6.45, 7) is 9.77. The first-order valence-electron chi connectivity index (χ1n) is 5.26. The molecule has 0 bridgehead atoms. The molecule has 90 valence electrons. The van der Waals surface area contributed by atoms with Gasteiger partial charge in [0.25, 0.3) is 0 Å². The molecule has 0 atom stereocenters. The van der Waals surface area contributed by atoms with E-state index in [0.29, 0.717) is 10.9 Å². The normalized spacial score (nSPS) is 12.1. The molecule has 0 saturated carbocycles. The molecule has 1 aromatic rings. The van der Waals surface area contributed by atoms with Crippen LogP contribution in [-0.4, -0.2) is 31.7 Å². The zero-order valence-electron chi connectivity index (χ0n) is 10.4. The summed E-state index contributed by atoms with van der Waals surface area (Å²) in [5.41, 5.74) is -0.302. The topological polar surface area (TPSA) is 60.7 Å². The molecule has 1 aromatic heterocycles. The van der Waals surface area contributed by atoms with Gasteiger partial charge in [-0.15, -0.1) is 5.10 Å². The fourth-order valence-corrected chi connectivity index (χ4v) is 2.12. The molecular weight excluding hydrogens is 224 g/mol. The van der Waals surface area contributed by atoms with Crippen LogP contribution in [0.3, 0.4) is 0 Å². The number of tetrazole rings is 1. The lowest BCUT2D eigenvalue weighted by atomic mass is 9.92. The third-order valence-corrected chi connectivity index (χ3v) is 3.05.